The van der Waals surface area contributed by atoms with Gasteiger partial charge in [-0.1, -0.05) is 19.9 Å². The quantitative estimate of drug-likeness (QED) is 0.646. The number of carbonyl (C=O) groups excluding carboxylic acids is 1. The van der Waals surface area contributed by atoms with Crippen molar-refractivity contribution in [2.24, 2.45) is 5.10 Å². The van der Waals surface area contributed by atoms with Crippen molar-refractivity contribution in [1.29, 1.82) is 0 Å². The van der Waals surface area contributed by atoms with Crippen LogP contribution < -0.4 is 5.43 Å². The van der Waals surface area contributed by atoms with Gasteiger partial charge in [-0.2, -0.15) is 10.2 Å². The SMILES string of the molecule is CC(C)c1cc(C(=O)NN=Cc2cccnc2)n[nH]1. The molecule has 0 fully saturated rings. The molecule has 0 aromatic carbocycles. The van der Waals surface area contributed by atoms with Crippen LogP contribution in [0.15, 0.2) is 35.7 Å². The van der Waals surface area contributed by atoms with Gasteiger partial charge < -0.3 is 0 Å². The predicted octanol–water partition coefficient (Wildman–Crippen LogP) is 1.69. The lowest BCUT2D eigenvalue weighted by Gasteiger charge is -1.96. The lowest BCUT2D eigenvalue weighted by atomic mass is 10.1. The summed E-state index contributed by atoms with van der Waals surface area (Å²) >= 11 is 0. The Morgan fingerprint density at radius 2 is 2.37 bits per heavy atom. The largest absolute Gasteiger partial charge is 0.291 e. The number of aromatic nitrogens is 3. The zero-order chi connectivity index (χ0) is 13.7. The van der Waals surface area contributed by atoms with Gasteiger partial charge in [0.15, 0.2) is 5.69 Å². The Labute approximate surface area is 111 Å². The van der Waals surface area contributed by atoms with Crippen molar-refractivity contribution < 1.29 is 4.79 Å². The highest BCUT2D eigenvalue weighted by molar-refractivity contribution is 5.93. The lowest BCUT2D eigenvalue weighted by molar-refractivity contribution is 0.0950. The molecule has 0 aliphatic carbocycles. The minimum atomic E-state index is -0.344. The molecule has 0 radical (unpaired) electrons. The van der Waals surface area contributed by atoms with Gasteiger partial charge in [0.25, 0.3) is 5.91 Å². The first-order chi connectivity index (χ1) is 9.16. The van der Waals surface area contributed by atoms with E-state index >= 15 is 0 Å². The first kappa shape index (κ1) is 12.9. The van der Waals surface area contributed by atoms with Crippen LogP contribution in [0.2, 0.25) is 0 Å². The Kier molecular flexibility index (Phi) is 4.02. The maximum absolute atomic E-state index is 11.7. The van der Waals surface area contributed by atoms with E-state index < -0.39 is 0 Å². The Balaban J connectivity index is 1.96. The van der Waals surface area contributed by atoms with Gasteiger partial charge in [0.1, 0.15) is 0 Å². The molecule has 0 saturated heterocycles. The number of hydrogen-bond acceptors (Lipinski definition) is 4. The van der Waals surface area contributed by atoms with Crippen LogP contribution in [-0.2, 0) is 0 Å². The highest BCUT2D eigenvalue weighted by Crippen LogP contribution is 2.11. The summed E-state index contributed by atoms with van der Waals surface area (Å²) in [4.78, 5) is 15.7. The fourth-order valence-corrected chi connectivity index (χ4v) is 1.42. The molecule has 2 aromatic rings. The van der Waals surface area contributed by atoms with Crippen molar-refractivity contribution in [3.8, 4) is 0 Å². The Hall–Kier alpha value is -2.50. The van der Waals surface area contributed by atoms with E-state index in [0.717, 1.165) is 11.3 Å². The van der Waals surface area contributed by atoms with Gasteiger partial charge in [0.2, 0.25) is 0 Å². The average molecular weight is 257 g/mol. The van der Waals surface area contributed by atoms with E-state index in [9.17, 15) is 4.79 Å². The van der Waals surface area contributed by atoms with Crippen molar-refractivity contribution in [1.82, 2.24) is 20.6 Å². The number of H-pyrrole nitrogens is 1. The third kappa shape index (κ3) is 3.48. The molecule has 0 aliphatic rings. The summed E-state index contributed by atoms with van der Waals surface area (Å²) in [6.07, 6.45) is 4.86. The number of amides is 1. The summed E-state index contributed by atoms with van der Waals surface area (Å²) < 4.78 is 0. The third-order valence-electron chi connectivity index (χ3n) is 2.52. The first-order valence-electron chi connectivity index (χ1n) is 5.95. The van der Waals surface area contributed by atoms with Crippen LogP contribution in [0.1, 0.15) is 41.5 Å². The van der Waals surface area contributed by atoms with E-state index in [4.69, 9.17) is 0 Å². The third-order valence-corrected chi connectivity index (χ3v) is 2.52. The van der Waals surface area contributed by atoms with Crippen molar-refractivity contribution in [2.75, 3.05) is 0 Å². The predicted molar refractivity (Wildman–Crippen MR) is 72.0 cm³/mol. The number of pyridine rings is 1. The molecule has 2 heterocycles. The summed E-state index contributed by atoms with van der Waals surface area (Å²) in [5.74, 6) is -0.0452. The molecule has 6 nitrogen and oxygen atoms in total. The minimum Gasteiger partial charge on any atom is -0.282 e. The Morgan fingerprint density at radius 3 is 3.00 bits per heavy atom. The Morgan fingerprint density at radius 1 is 1.53 bits per heavy atom. The number of aromatic amines is 1. The van der Waals surface area contributed by atoms with Gasteiger partial charge in [-0.3, -0.25) is 14.9 Å². The number of hydrazone groups is 1. The minimum absolute atomic E-state index is 0.299. The molecule has 19 heavy (non-hydrogen) atoms. The summed E-state index contributed by atoms with van der Waals surface area (Å²) in [7, 11) is 0. The smallest absolute Gasteiger partial charge is 0.282 e. The second-order valence-corrected chi connectivity index (χ2v) is 4.35. The maximum Gasteiger partial charge on any atom is 0.291 e. The number of hydrogen-bond donors (Lipinski definition) is 2. The lowest BCUT2D eigenvalue weighted by Crippen LogP contribution is -2.18. The normalized spacial score (nSPS) is 11.1. The van der Waals surface area contributed by atoms with Crippen LogP contribution in [0.3, 0.4) is 0 Å². The zero-order valence-electron chi connectivity index (χ0n) is 10.8. The fraction of sp³-hybridized carbons (Fsp3) is 0.231. The average Bonchev–Trinajstić information content (AvgIpc) is 2.89. The van der Waals surface area contributed by atoms with Crippen molar-refractivity contribution in [2.45, 2.75) is 19.8 Å². The number of nitrogens with zero attached hydrogens (tertiary/aromatic N) is 3. The van der Waals surface area contributed by atoms with Crippen molar-refractivity contribution >= 4 is 12.1 Å². The van der Waals surface area contributed by atoms with Gasteiger partial charge in [-0.05, 0) is 18.1 Å². The van der Waals surface area contributed by atoms with Gasteiger partial charge in [-0.25, -0.2) is 5.43 Å². The highest BCUT2D eigenvalue weighted by Gasteiger charge is 2.10. The molecule has 2 rings (SSSR count). The van der Waals surface area contributed by atoms with E-state index in [1.54, 1.807) is 24.5 Å². The standard InChI is InChI=1S/C13H15N5O/c1-9(2)11-6-12(17-16-11)13(19)18-15-8-10-4-3-5-14-7-10/h3-9H,1-2H3,(H,16,17)(H,18,19). The van der Waals surface area contributed by atoms with Gasteiger partial charge >= 0.3 is 0 Å². The molecule has 0 unspecified atom stereocenters. The van der Waals surface area contributed by atoms with Crippen LogP contribution in [-0.4, -0.2) is 27.3 Å². The van der Waals surface area contributed by atoms with E-state index in [2.05, 4.69) is 25.7 Å². The fourth-order valence-electron chi connectivity index (χ4n) is 1.42. The second-order valence-electron chi connectivity index (χ2n) is 4.35. The molecule has 2 N–H and O–H groups in total. The van der Waals surface area contributed by atoms with Crippen LogP contribution in [0, 0.1) is 0 Å². The monoisotopic (exact) mass is 257 g/mol. The molecule has 0 atom stereocenters. The molecule has 1 amide bonds. The molecule has 0 aliphatic heterocycles. The van der Waals surface area contributed by atoms with E-state index in [-0.39, 0.29) is 5.91 Å². The number of carbonyl (C=O) groups is 1. The molecule has 6 heteroatoms. The van der Waals surface area contributed by atoms with Crippen molar-refractivity contribution in [3.63, 3.8) is 0 Å². The number of nitrogens with one attached hydrogen (secondary N) is 2. The summed E-state index contributed by atoms with van der Waals surface area (Å²) in [5.41, 5.74) is 4.48. The Bertz CT molecular complexity index is 574. The van der Waals surface area contributed by atoms with Crippen molar-refractivity contribution in [3.05, 3.63) is 47.5 Å². The van der Waals surface area contributed by atoms with Gasteiger partial charge in [0, 0.05) is 23.7 Å². The van der Waals surface area contributed by atoms with Gasteiger partial charge in [-0.15, -0.1) is 0 Å². The van der Waals surface area contributed by atoms with Crippen LogP contribution in [0.4, 0.5) is 0 Å². The van der Waals surface area contributed by atoms with Gasteiger partial charge in [0.05, 0.1) is 6.21 Å². The van der Waals surface area contributed by atoms with Crippen LogP contribution >= 0.6 is 0 Å². The molecule has 0 saturated carbocycles. The summed E-state index contributed by atoms with van der Waals surface area (Å²) in [5, 5.41) is 10.6. The first-order valence-corrected chi connectivity index (χ1v) is 5.95. The molecule has 0 bridgehead atoms. The molecular weight excluding hydrogens is 242 g/mol. The molecule has 98 valence electrons. The summed E-state index contributed by atoms with van der Waals surface area (Å²) in [6, 6.07) is 5.36. The van der Waals surface area contributed by atoms with E-state index in [1.807, 2.05) is 19.9 Å². The molecule has 0 spiro atoms. The number of rotatable bonds is 4. The van der Waals surface area contributed by atoms with E-state index in [1.165, 1.54) is 6.21 Å². The molecule has 2 aromatic heterocycles. The van der Waals surface area contributed by atoms with Crippen LogP contribution in [0.25, 0.3) is 0 Å². The topological polar surface area (TPSA) is 83.0 Å². The highest BCUT2D eigenvalue weighted by atomic mass is 16.2. The summed E-state index contributed by atoms with van der Waals surface area (Å²) in [6.45, 7) is 4.05. The second kappa shape index (κ2) is 5.90. The zero-order valence-corrected chi connectivity index (χ0v) is 10.8. The maximum atomic E-state index is 11.7. The molecular formula is C13H15N5O. The van der Waals surface area contributed by atoms with Crippen LogP contribution in [0.5, 0.6) is 0 Å². The van der Waals surface area contributed by atoms with E-state index in [0.29, 0.717) is 11.6 Å².